The maximum absolute atomic E-state index is 10.3. The highest BCUT2D eigenvalue weighted by atomic mass is 35.5. The summed E-state index contributed by atoms with van der Waals surface area (Å²) >= 11 is 5.97. The maximum Gasteiger partial charge on any atom is 0.237 e. The Morgan fingerprint density at radius 2 is 1.90 bits per heavy atom. The van der Waals surface area contributed by atoms with Gasteiger partial charge < -0.3 is 20.3 Å². The standard InChI is InChI=1S/C23H22ClN3O3.ClH/c24-19-5-1-3-17(12-19)22(29)14-27-20(15-28)11-16-6-8-21(9-7-16)30-23-18(13-25)4-2-10-26-23;/h1-10,12,20,22,27-29H,11,14-15H2;1H/t20-,22+;/m0./s1. The molecule has 0 aliphatic carbocycles. The molecule has 162 valence electrons. The van der Waals surface area contributed by atoms with E-state index in [1.165, 1.54) is 0 Å². The summed E-state index contributed by atoms with van der Waals surface area (Å²) in [6.07, 6.45) is 1.42. The van der Waals surface area contributed by atoms with Gasteiger partial charge in [0.2, 0.25) is 5.88 Å². The van der Waals surface area contributed by atoms with Gasteiger partial charge in [-0.25, -0.2) is 4.98 Å². The van der Waals surface area contributed by atoms with Gasteiger partial charge in [-0.2, -0.15) is 5.26 Å². The lowest BCUT2D eigenvalue weighted by Gasteiger charge is -2.19. The average molecular weight is 460 g/mol. The molecule has 0 amide bonds. The molecular formula is C23H23Cl2N3O3. The van der Waals surface area contributed by atoms with E-state index in [0.717, 1.165) is 11.1 Å². The molecule has 1 heterocycles. The summed E-state index contributed by atoms with van der Waals surface area (Å²) in [5.74, 6) is 0.830. The van der Waals surface area contributed by atoms with Crippen LogP contribution in [0.3, 0.4) is 0 Å². The van der Waals surface area contributed by atoms with Crippen molar-refractivity contribution in [2.75, 3.05) is 13.2 Å². The number of rotatable bonds is 9. The van der Waals surface area contributed by atoms with Gasteiger partial charge in [0, 0.05) is 23.8 Å². The number of aromatic nitrogens is 1. The maximum atomic E-state index is 10.3. The Hall–Kier alpha value is -2.66. The van der Waals surface area contributed by atoms with Crippen LogP contribution in [0.25, 0.3) is 0 Å². The van der Waals surface area contributed by atoms with Crippen molar-refractivity contribution in [3.8, 4) is 17.7 Å². The summed E-state index contributed by atoms with van der Waals surface area (Å²) in [5, 5.41) is 32.9. The molecule has 0 bridgehead atoms. The van der Waals surface area contributed by atoms with Gasteiger partial charge in [-0.05, 0) is 53.9 Å². The van der Waals surface area contributed by atoms with Crippen molar-refractivity contribution in [3.63, 3.8) is 0 Å². The van der Waals surface area contributed by atoms with Crippen LogP contribution in [0.15, 0.2) is 66.9 Å². The Morgan fingerprint density at radius 1 is 1.13 bits per heavy atom. The second-order valence-corrected chi connectivity index (χ2v) is 7.21. The summed E-state index contributed by atoms with van der Waals surface area (Å²) in [6.45, 7) is 0.226. The molecule has 3 N–H and O–H groups in total. The van der Waals surface area contributed by atoms with Crippen LogP contribution in [0, 0.1) is 11.3 Å². The molecule has 2 aromatic carbocycles. The molecule has 3 aromatic rings. The van der Waals surface area contributed by atoms with Gasteiger partial charge in [0.25, 0.3) is 0 Å². The van der Waals surface area contributed by atoms with Gasteiger partial charge in [0.05, 0.1) is 12.7 Å². The lowest BCUT2D eigenvalue weighted by molar-refractivity contribution is 0.158. The Kier molecular flexibility index (Phi) is 9.73. The topological polar surface area (TPSA) is 98.4 Å². The molecule has 0 aliphatic rings. The predicted octanol–water partition coefficient (Wildman–Crippen LogP) is 4.05. The number of nitriles is 1. The third kappa shape index (κ3) is 7.21. The molecule has 0 fully saturated rings. The lowest BCUT2D eigenvalue weighted by atomic mass is 10.1. The van der Waals surface area contributed by atoms with E-state index in [4.69, 9.17) is 21.6 Å². The Balaban J connectivity index is 0.00000341. The van der Waals surface area contributed by atoms with E-state index < -0.39 is 6.10 Å². The van der Waals surface area contributed by atoms with Crippen LogP contribution in [0.1, 0.15) is 22.8 Å². The number of halogens is 2. The van der Waals surface area contributed by atoms with Crippen molar-refractivity contribution in [2.45, 2.75) is 18.6 Å². The fourth-order valence-corrected chi connectivity index (χ4v) is 3.16. The molecule has 6 nitrogen and oxygen atoms in total. The number of benzene rings is 2. The number of ether oxygens (including phenoxy) is 1. The fraction of sp³-hybridized carbons (Fsp3) is 0.217. The second-order valence-electron chi connectivity index (χ2n) is 6.78. The molecule has 2 atom stereocenters. The zero-order valence-electron chi connectivity index (χ0n) is 16.6. The summed E-state index contributed by atoms with van der Waals surface area (Å²) in [7, 11) is 0. The van der Waals surface area contributed by atoms with E-state index in [9.17, 15) is 10.2 Å². The molecule has 1 aromatic heterocycles. The number of hydrogen-bond donors (Lipinski definition) is 3. The zero-order valence-corrected chi connectivity index (χ0v) is 18.2. The number of nitrogens with one attached hydrogen (secondary N) is 1. The molecule has 0 saturated carbocycles. The summed E-state index contributed by atoms with van der Waals surface area (Å²) < 4.78 is 5.68. The highest BCUT2D eigenvalue weighted by molar-refractivity contribution is 6.30. The third-order valence-electron chi connectivity index (χ3n) is 4.57. The number of hydrogen-bond acceptors (Lipinski definition) is 6. The molecule has 0 saturated heterocycles. The molecule has 0 aliphatic heterocycles. The zero-order chi connectivity index (χ0) is 21.3. The predicted molar refractivity (Wildman–Crippen MR) is 122 cm³/mol. The van der Waals surface area contributed by atoms with Gasteiger partial charge in [-0.3, -0.25) is 0 Å². The minimum Gasteiger partial charge on any atom is -0.438 e. The van der Waals surface area contributed by atoms with E-state index in [0.29, 0.717) is 29.3 Å². The largest absolute Gasteiger partial charge is 0.438 e. The van der Waals surface area contributed by atoms with Crippen LogP contribution in [0.5, 0.6) is 11.6 Å². The van der Waals surface area contributed by atoms with Crippen molar-refractivity contribution >= 4 is 24.0 Å². The minimum atomic E-state index is -0.721. The van der Waals surface area contributed by atoms with Gasteiger partial charge in [0.1, 0.15) is 17.4 Å². The van der Waals surface area contributed by atoms with E-state index in [2.05, 4.69) is 10.3 Å². The smallest absolute Gasteiger partial charge is 0.237 e. The van der Waals surface area contributed by atoms with Crippen molar-refractivity contribution in [2.24, 2.45) is 0 Å². The fourth-order valence-electron chi connectivity index (χ4n) is 2.96. The second kappa shape index (κ2) is 12.3. The first-order chi connectivity index (χ1) is 14.6. The summed E-state index contributed by atoms with van der Waals surface area (Å²) in [5.41, 5.74) is 2.08. The van der Waals surface area contributed by atoms with Crippen molar-refractivity contribution in [3.05, 3.63) is 88.6 Å². The first kappa shape index (κ1) is 24.6. The van der Waals surface area contributed by atoms with E-state index in [-0.39, 0.29) is 30.9 Å². The Morgan fingerprint density at radius 3 is 2.58 bits per heavy atom. The van der Waals surface area contributed by atoms with Gasteiger partial charge in [0.15, 0.2) is 0 Å². The van der Waals surface area contributed by atoms with Crippen molar-refractivity contribution in [1.29, 1.82) is 5.26 Å². The SMILES string of the molecule is Cl.N#Cc1cccnc1Oc1ccc(C[C@@H](CO)NC[C@@H](O)c2cccc(Cl)c2)cc1. The third-order valence-corrected chi connectivity index (χ3v) is 4.80. The van der Waals surface area contributed by atoms with Crippen LogP contribution < -0.4 is 10.1 Å². The number of nitrogens with zero attached hydrogens (tertiary/aromatic N) is 2. The molecule has 31 heavy (non-hydrogen) atoms. The van der Waals surface area contributed by atoms with Crippen molar-refractivity contribution in [1.82, 2.24) is 10.3 Å². The Labute approximate surface area is 192 Å². The van der Waals surface area contributed by atoms with Crippen molar-refractivity contribution < 1.29 is 14.9 Å². The molecular weight excluding hydrogens is 437 g/mol. The molecule has 0 spiro atoms. The monoisotopic (exact) mass is 459 g/mol. The quantitative estimate of drug-likeness (QED) is 0.446. The number of aliphatic hydroxyl groups excluding tert-OH is 2. The number of pyridine rings is 1. The van der Waals surface area contributed by atoms with E-state index in [1.54, 1.807) is 48.7 Å². The molecule has 0 unspecified atom stereocenters. The summed E-state index contributed by atoms with van der Waals surface area (Å²) in [4.78, 5) is 4.08. The van der Waals surface area contributed by atoms with Crippen LogP contribution in [0.2, 0.25) is 5.02 Å². The van der Waals surface area contributed by atoms with Crippen LogP contribution >= 0.6 is 24.0 Å². The molecule has 0 radical (unpaired) electrons. The van der Waals surface area contributed by atoms with Gasteiger partial charge in [-0.15, -0.1) is 12.4 Å². The van der Waals surface area contributed by atoms with Crippen LogP contribution in [-0.2, 0) is 6.42 Å². The Bertz CT molecular complexity index is 1010. The molecule has 8 heteroatoms. The minimum absolute atomic E-state index is 0. The van der Waals surface area contributed by atoms with Crippen LogP contribution in [0.4, 0.5) is 0 Å². The van der Waals surface area contributed by atoms with Gasteiger partial charge >= 0.3 is 0 Å². The average Bonchev–Trinajstić information content (AvgIpc) is 2.78. The van der Waals surface area contributed by atoms with Crippen LogP contribution in [-0.4, -0.2) is 34.4 Å². The highest BCUT2D eigenvalue weighted by Gasteiger charge is 2.13. The van der Waals surface area contributed by atoms with Gasteiger partial charge in [-0.1, -0.05) is 35.9 Å². The first-order valence-electron chi connectivity index (χ1n) is 9.48. The summed E-state index contributed by atoms with van der Waals surface area (Å²) in [6, 6.07) is 19.6. The highest BCUT2D eigenvalue weighted by Crippen LogP contribution is 2.23. The normalized spacial score (nSPS) is 12.3. The number of aliphatic hydroxyl groups is 2. The lowest BCUT2D eigenvalue weighted by Crippen LogP contribution is -2.37. The van der Waals surface area contributed by atoms with E-state index in [1.807, 2.05) is 24.3 Å². The first-order valence-corrected chi connectivity index (χ1v) is 9.86. The van der Waals surface area contributed by atoms with E-state index >= 15 is 0 Å². The molecule has 3 rings (SSSR count).